The number of nitrogens with zero attached hydrogens (tertiary/aromatic N) is 1. The topological polar surface area (TPSA) is 85.4 Å². The molecule has 112 valence electrons. The fourth-order valence-corrected chi connectivity index (χ4v) is 3.52. The quantitative estimate of drug-likeness (QED) is 0.846. The molecule has 0 amide bonds. The van der Waals surface area contributed by atoms with Crippen LogP contribution in [0.15, 0.2) is 34.5 Å². The summed E-state index contributed by atoms with van der Waals surface area (Å²) in [5.74, 6) is -0.694. The number of methoxy groups -OCH3 is 1. The molecule has 0 spiro atoms. The van der Waals surface area contributed by atoms with Gasteiger partial charge in [-0.3, -0.25) is 0 Å². The SMILES string of the molecule is COC(=O)c1ccccc1S(=O)(=O)NCc1csc(C)n1. The lowest BCUT2D eigenvalue weighted by atomic mass is 10.2. The zero-order chi connectivity index (χ0) is 15.5. The molecule has 0 aliphatic heterocycles. The molecule has 0 atom stereocenters. The third kappa shape index (κ3) is 3.66. The van der Waals surface area contributed by atoms with Gasteiger partial charge in [0.25, 0.3) is 0 Å². The Labute approximate surface area is 126 Å². The Balaban J connectivity index is 2.25. The largest absolute Gasteiger partial charge is 0.465 e. The molecule has 0 unspecified atom stereocenters. The second-order valence-electron chi connectivity index (χ2n) is 4.17. The van der Waals surface area contributed by atoms with Crippen molar-refractivity contribution < 1.29 is 17.9 Å². The van der Waals surface area contributed by atoms with E-state index < -0.39 is 16.0 Å². The van der Waals surface area contributed by atoms with E-state index in [-0.39, 0.29) is 17.0 Å². The van der Waals surface area contributed by atoms with Gasteiger partial charge in [0.15, 0.2) is 0 Å². The molecular formula is C13H14N2O4S2. The van der Waals surface area contributed by atoms with Crippen molar-refractivity contribution in [1.29, 1.82) is 0 Å². The Bertz CT molecular complexity index is 753. The molecule has 1 N–H and O–H groups in total. The number of carbonyl (C=O) groups is 1. The Hall–Kier alpha value is -1.77. The van der Waals surface area contributed by atoms with Crippen LogP contribution in [0, 0.1) is 6.92 Å². The summed E-state index contributed by atoms with van der Waals surface area (Å²) in [6.45, 7) is 1.91. The van der Waals surface area contributed by atoms with E-state index in [1.165, 1.54) is 30.6 Å². The third-order valence-electron chi connectivity index (χ3n) is 2.69. The van der Waals surface area contributed by atoms with Crippen LogP contribution >= 0.6 is 11.3 Å². The molecule has 0 fully saturated rings. The molecule has 0 saturated heterocycles. The number of aromatic nitrogens is 1. The van der Waals surface area contributed by atoms with Crippen molar-refractivity contribution in [3.63, 3.8) is 0 Å². The van der Waals surface area contributed by atoms with Gasteiger partial charge in [-0.1, -0.05) is 12.1 Å². The highest BCUT2D eigenvalue weighted by Gasteiger charge is 2.22. The van der Waals surface area contributed by atoms with E-state index in [1.807, 2.05) is 6.92 Å². The number of aryl methyl sites for hydroxylation is 1. The van der Waals surface area contributed by atoms with Crippen molar-refractivity contribution in [3.05, 3.63) is 45.9 Å². The number of esters is 1. The van der Waals surface area contributed by atoms with E-state index in [2.05, 4.69) is 14.4 Å². The van der Waals surface area contributed by atoms with Crippen LogP contribution in [0.3, 0.4) is 0 Å². The number of hydrogen-bond acceptors (Lipinski definition) is 6. The van der Waals surface area contributed by atoms with E-state index in [0.29, 0.717) is 5.69 Å². The third-order valence-corrected chi connectivity index (χ3v) is 4.97. The van der Waals surface area contributed by atoms with Crippen molar-refractivity contribution in [2.75, 3.05) is 7.11 Å². The number of rotatable bonds is 5. The molecule has 2 rings (SSSR count). The van der Waals surface area contributed by atoms with E-state index in [0.717, 1.165) is 5.01 Å². The first-order valence-corrected chi connectivity index (χ1v) is 8.38. The minimum absolute atomic E-state index is 0.00181. The summed E-state index contributed by atoms with van der Waals surface area (Å²) >= 11 is 1.44. The van der Waals surface area contributed by atoms with Gasteiger partial charge in [-0.2, -0.15) is 0 Å². The van der Waals surface area contributed by atoms with Crippen molar-refractivity contribution in [1.82, 2.24) is 9.71 Å². The van der Waals surface area contributed by atoms with Gasteiger partial charge in [0.1, 0.15) is 0 Å². The fourth-order valence-electron chi connectivity index (χ4n) is 1.72. The number of thiazole rings is 1. The van der Waals surface area contributed by atoms with Crippen molar-refractivity contribution in [2.45, 2.75) is 18.4 Å². The molecule has 6 nitrogen and oxygen atoms in total. The van der Waals surface area contributed by atoms with Gasteiger partial charge in [0.05, 0.1) is 34.8 Å². The normalized spacial score (nSPS) is 11.3. The average molecular weight is 326 g/mol. The lowest BCUT2D eigenvalue weighted by Crippen LogP contribution is -2.25. The molecule has 1 aromatic carbocycles. The number of sulfonamides is 1. The van der Waals surface area contributed by atoms with E-state index >= 15 is 0 Å². The number of nitrogens with one attached hydrogen (secondary N) is 1. The van der Waals surface area contributed by atoms with Gasteiger partial charge in [-0.15, -0.1) is 11.3 Å². The summed E-state index contributed by atoms with van der Waals surface area (Å²) < 4.78 is 31.6. The average Bonchev–Trinajstić information content (AvgIpc) is 2.90. The molecule has 8 heteroatoms. The van der Waals surface area contributed by atoms with Crippen LogP contribution in [0.5, 0.6) is 0 Å². The highest BCUT2D eigenvalue weighted by atomic mass is 32.2. The predicted octanol–water partition coefficient (Wildman–Crippen LogP) is 1.72. The lowest BCUT2D eigenvalue weighted by Gasteiger charge is -2.09. The first-order chi connectivity index (χ1) is 9.94. The molecule has 21 heavy (non-hydrogen) atoms. The summed E-state index contributed by atoms with van der Waals surface area (Å²) in [4.78, 5) is 15.7. The standard InChI is InChI=1S/C13H14N2O4S2/c1-9-15-10(8-20-9)7-14-21(17,18)12-6-4-3-5-11(12)13(16)19-2/h3-6,8,14H,7H2,1-2H3. The zero-order valence-corrected chi connectivity index (χ0v) is 13.1. The maximum absolute atomic E-state index is 12.3. The zero-order valence-electron chi connectivity index (χ0n) is 11.5. The summed E-state index contributed by atoms with van der Waals surface area (Å²) in [5.41, 5.74) is 0.638. The Morgan fingerprint density at radius 3 is 2.71 bits per heavy atom. The van der Waals surface area contributed by atoms with E-state index in [9.17, 15) is 13.2 Å². The number of carbonyl (C=O) groups excluding carboxylic acids is 1. The van der Waals surface area contributed by atoms with Crippen molar-refractivity contribution in [2.24, 2.45) is 0 Å². The summed E-state index contributed by atoms with van der Waals surface area (Å²) in [6, 6.07) is 5.90. The molecule has 1 aromatic heterocycles. The Morgan fingerprint density at radius 1 is 1.38 bits per heavy atom. The molecule has 1 heterocycles. The molecular weight excluding hydrogens is 312 g/mol. The van der Waals surface area contributed by atoms with Crippen LogP contribution in [0.25, 0.3) is 0 Å². The van der Waals surface area contributed by atoms with Gasteiger partial charge in [-0.05, 0) is 19.1 Å². The second kappa shape index (κ2) is 6.33. The minimum atomic E-state index is -3.82. The van der Waals surface area contributed by atoms with Gasteiger partial charge < -0.3 is 4.74 Å². The second-order valence-corrected chi connectivity index (χ2v) is 6.97. The first kappa shape index (κ1) is 15.6. The maximum atomic E-state index is 12.3. The van der Waals surface area contributed by atoms with Crippen LogP contribution in [-0.4, -0.2) is 26.5 Å². The molecule has 0 aliphatic carbocycles. The van der Waals surface area contributed by atoms with Gasteiger partial charge in [0, 0.05) is 5.38 Å². The highest BCUT2D eigenvalue weighted by Crippen LogP contribution is 2.17. The minimum Gasteiger partial charge on any atom is -0.465 e. The van der Waals surface area contributed by atoms with Gasteiger partial charge in [-0.25, -0.2) is 22.9 Å². The van der Waals surface area contributed by atoms with E-state index in [4.69, 9.17) is 0 Å². The van der Waals surface area contributed by atoms with Crippen LogP contribution in [0.2, 0.25) is 0 Å². The van der Waals surface area contributed by atoms with Crippen LogP contribution < -0.4 is 4.72 Å². The molecule has 0 aliphatic rings. The smallest absolute Gasteiger partial charge is 0.339 e. The number of ether oxygens (including phenoxy) is 1. The van der Waals surface area contributed by atoms with E-state index in [1.54, 1.807) is 17.5 Å². The first-order valence-electron chi connectivity index (χ1n) is 6.02. The number of hydrogen-bond donors (Lipinski definition) is 1. The molecule has 2 aromatic rings. The Kier molecular flexibility index (Phi) is 4.71. The highest BCUT2D eigenvalue weighted by molar-refractivity contribution is 7.89. The summed E-state index contributed by atoms with van der Waals surface area (Å²) in [7, 11) is -2.62. The van der Waals surface area contributed by atoms with Crippen LogP contribution in [-0.2, 0) is 21.3 Å². The Morgan fingerprint density at radius 2 is 2.10 bits per heavy atom. The number of benzene rings is 1. The maximum Gasteiger partial charge on any atom is 0.339 e. The molecule has 0 bridgehead atoms. The van der Waals surface area contributed by atoms with Gasteiger partial charge in [0.2, 0.25) is 10.0 Å². The predicted molar refractivity (Wildman–Crippen MR) is 78.7 cm³/mol. The summed E-state index contributed by atoms with van der Waals surface area (Å²) in [5, 5.41) is 2.64. The monoisotopic (exact) mass is 326 g/mol. The van der Waals surface area contributed by atoms with Gasteiger partial charge >= 0.3 is 5.97 Å². The van der Waals surface area contributed by atoms with Crippen molar-refractivity contribution in [3.8, 4) is 0 Å². The summed E-state index contributed by atoms with van der Waals surface area (Å²) in [6.07, 6.45) is 0. The van der Waals surface area contributed by atoms with Crippen LogP contribution in [0.1, 0.15) is 21.1 Å². The lowest BCUT2D eigenvalue weighted by molar-refractivity contribution is 0.0596. The molecule has 0 radical (unpaired) electrons. The van der Waals surface area contributed by atoms with Crippen LogP contribution in [0.4, 0.5) is 0 Å². The fraction of sp³-hybridized carbons (Fsp3) is 0.231. The van der Waals surface area contributed by atoms with Crippen molar-refractivity contribution >= 4 is 27.3 Å². The molecule has 0 saturated carbocycles.